The number of halogens is 1. The van der Waals surface area contributed by atoms with E-state index >= 15 is 0 Å². The molecule has 0 aromatic carbocycles. The Morgan fingerprint density at radius 2 is 2.54 bits per heavy atom. The molecule has 1 N–H and O–H groups in total. The number of thiophene rings is 1. The van der Waals surface area contributed by atoms with Crippen molar-refractivity contribution < 1.29 is 4.74 Å². The molecule has 1 unspecified atom stereocenters. The lowest BCUT2D eigenvalue weighted by Gasteiger charge is -2.23. The molecule has 4 heteroatoms. The maximum absolute atomic E-state index is 6.16. The summed E-state index contributed by atoms with van der Waals surface area (Å²) in [5, 5.41) is 6.38. The Labute approximate surface area is 86.9 Å². The number of nitrogens with one attached hydrogen (secondary N) is 1. The Balaban J connectivity index is 2.18. The lowest BCUT2D eigenvalue weighted by atomic mass is 10.2. The standard InChI is InChI=1S/C9H12ClNOS/c1-6-5-13-9(8(6)10)7-4-12-3-2-11-7/h5,7,11H,2-4H2,1H3. The Hall–Kier alpha value is -0.0900. The smallest absolute Gasteiger partial charge is 0.0670 e. The third-order valence-electron chi connectivity index (χ3n) is 2.16. The molecule has 1 saturated heterocycles. The van der Waals surface area contributed by atoms with Gasteiger partial charge in [-0.3, -0.25) is 0 Å². The number of hydrogen-bond donors (Lipinski definition) is 1. The SMILES string of the molecule is Cc1csc(C2COCCN2)c1Cl. The summed E-state index contributed by atoms with van der Waals surface area (Å²) in [6.45, 7) is 4.49. The number of aryl methyl sites for hydroxylation is 1. The molecule has 13 heavy (non-hydrogen) atoms. The summed E-state index contributed by atoms with van der Waals surface area (Å²) in [7, 11) is 0. The van der Waals surface area contributed by atoms with Crippen LogP contribution in [0.1, 0.15) is 16.5 Å². The number of hydrogen-bond acceptors (Lipinski definition) is 3. The molecule has 0 bridgehead atoms. The van der Waals surface area contributed by atoms with E-state index in [0.29, 0.717) is 6.04 Å². The van der Waals surface area contributed by atoms with E-state index in [-0.39, 0.29) is 0 Å². The summed E-state index contributed by atoms with van der Waals surface area (Å²) in [6.07, 6.45) is 0. The molecule has 2 nitrogen and oxygen atoms in total. The van der Waals surface area contributed by atoms with Crippen LogP contribution in [-0.4, -0.2) is 19.8 Å². The molecule has 1 aromatic rings. The first-order valence-corrected chi connectivity index (χ1v) is 5.59. The fraction of sp³-hybridized carbons (Fsp3) is 0.556. The van der Waals surface area contributed by atoms with Crippen molar-refractivity contribution in [1.29, 1.82) is 0 Å². The van der Waals surface area contributed by atoms with Crippen molar-refractivity contribution in [2.75, 3.05) is 19.8 Å². The van der Waals surface area contributed by atoms with Crippen LogP contribution in [0.25, 0.3) is 0 Å². The van der Waals surface area contributed by atoms with Crippen LogP contribution in [0, 0.1) is 6.92 Å². The van der Waals surface area contributed by atoms with Gasteiger partial charge < -0.3 is 10.1 Å². The minimum atomic E-state index is 0.292. The van der Waals surface area contributed by atoms with Crippen molar-refractivity contribution >= 4 is 22.9 Å². The average molecular weight is 218 g/mol. The predicted octanol–water partition coefficient (Wildman–Crippen LogP) is 2.37. The van der Waals surface area contributed by atoms with Crippen molar-refractivity contribution in [1.82, 2.24) is 5.32 Å². The first-order valence-electron chi connectivity index (χ1n) is 4.33. The normalized spacial score (nSPS) is 23.4. The van der Waals surface area contributed by atoms with Gasteiger partial charge in [-0.15, -0.1) is 11.3 Å². The largest absolute Gasteiger partial charge is 0.378 e. The van der Waals surface area contributed by atoms with Gasteiger partial charge in [0.1, 0.15) is 0 Å². The number of morpholine rings is 1. The van der Waals surface area contributed by atoms with Crippen LogP contribution in [0.3, 0.4) is 0 Å². The van der Waals surface area contributed by atoms with Gasteiger partial charge >= 0.3 is 0 Å². The molecule has 1 aliphatic rings. The second-order valence-corrected chi connectivity index (χ2v) is 4.47. The summed E-state index contributed by atoms with van der Waals surface area (Å²) in [6, 6.07) is 0.292. The van der Waals surface area contributed by atoms with Crippen LogP contribution in [-0.2, 0) is 4.74 Å². The van der Waals surface area contributed by atoms with E-state index in [1.807, 2.05) is 6.92 Å². The van der Waals surface area contributed by atoms with Gasteiger partial charge in [0.15, 0.2) is 0 Å². The van der Waals surface area contributed by atoms with E-state index in [0.717, 1.165) is 30.3 Å². The van der Waals surface area contributed by atoms with Gasteiger partial charge in [0.05, 0.1) is 24.3 Å². The molecule has 0 amide bonds. The molecule has 0 radical (unpaired) electrons. The maximum Gasteiger partial charge on any atom is 0.0670 e. The molecule has 72 valence electrons. The first-order chi connectivity index (χ1) is 6.29. The van der Waals surface area contributed by atoms with Gasteiger partial charge in [0.25, 0.3) is 0 Å². The van der Waals surface area contributed by atoms with Crippen molar-refractivity contribution in [3.8, 4) is 0 Å². The van der Waals surface area contributed by atoms with E-state index in [9.17, 15) is 0 Å². The molecule has 1 atom stereocenters. The second kappa shape index (κ2) is 3.96. The molecular weight excluding hydrogens is 206 g/mol. The van der Waals surface area contributed by atoms with Crippen molar-refractivity contribution in [2.24, 2.45) is 0 Å². The van der Waals surface area contributed by atoms with Crippen LogP contribution < -0.4 is 5.32 Å². The minimum Gasteiger partial charge on any atom is -0.378 e. The van der Waals surface area contributed by atoms with E-state index in [1.54, 1.807) is 11.3 Å². The molecule has 1 aromatic heterocycles. The van der Waals surface area contributed by atoms with Crippen molar-refractivity contribution in [3.63, 3.8) is 0 Å². The highest BCUT2D eigenvalue weighted by atomic mass is 35.5. The van der Waals surface area contributed by atoms with Gasteiger partial charge in [-0.2, -0.15) is 0 Å². The van der Waals surface area contributed by atoms with Crippen LogP contribution in [0.4, 0.5) is 0 Å². The predicted molar refractivity (Wildman–Crippen MR) is 55.6 cm³/mol. The summed E-state index contributed by atoms with van der Waals surface area (Å²) >= 11 is 7.87. The minimum absolute atomic E-state index is 0.292. The van der Waals surface area contributed by atoms with Crippen molar-refractivity contribution in [2.45, 2.75) is 13.0 Å². The molecule has 0 aliphatic carbocycles. The maximum atomic E-state index is 6.16. The van der Waals surface area contributed by atoms with E-state index < -0.39 is 0 Å². The molecule has 0 spiro atoms. The van der Waals surface area contributed by atoms with E-state index in [2.05, 4.69) is 10.7 Å². The molecule has 0 saturated carbocycles. The van der Waals surface area contributed by atoms with Crippen LogP contribution in [0.5, 0.6) is 0 Å². The molecule has 2 heterocycles. The monoisotopic (exact) mass is 217 g/mol. The highest BCUT2D eigenvalue weighted by Gasteiger charge is 2.20. The third-order valence-corrected chi connectivity index (χ3v) is 3.99. The van der Waals surface area contributed by atoms with Gasteiger partial charge in [-0.1, -0.05) is 11.6 Å². The van der Waals surface area contributed by atoms with Gasteiger partial charge in [-0.05, 0) is 17.9 Å². The Morgan fingerprint density at radius 3 is 3.08 bits per heavy atom. The van der Waals surface area contributed by atoms with Gasteiger partial charge in [0.2, 0.25) is 0 Å². The average Bonchev–Trinajstić information content (AvgIpc) is 2.49. The zero-order valence-corrected chi connectivity index (χ0v) is 9.04. The van der Waals surface area contributed by atoms with Gasteiger partial charge in [0, 0.05) is 11.4 Å². The summed E-state index contributed by atoms with van der Waals surface area (Å²) in [4.78, 5) is 1.21. The zero-order valence-electron chi connectivity index (χ0n) is 7.47. The molecule has 2 rings (SSSR count). The topological polar surface area (TPSA) is 21.3 Å². The Bertz CT molecular complexity index is 294. The quantitative estimate of drug-likeness (QED) is 0.780. The lowest BCUT2D eigenvalue weighted by Crippen LogP contribution is -2.34. The Morgan fingerprint density at radius 1 is 1.69 bits per heavy atom. The number of rotatable bonds is 1. The lowest BCUT2D eigenvalue weighted by molar-refractivity contribution is 0.0779. The summed E-state index contributed by atoms with van der Waals surface area (Å²) in [5.74, 6) is 0. The molecule has 1 fully saturated rings. The zero-order chi connectivity index (χ0) is 9.26. The van der Waals surface area contributed by atoms with E-state index in [1.165, 1.54) is 4.88 Å². The van der Waals surface area contributed by atoms with Crippen LogP contribution in [0.15, 0.2) is 5.38 Å². The molecule has 1 aliphatic heterocycles. The van der Waals surface area contributed by atoms with Crippen LogP contribution >= 0.6 is 22.9 Å². The highest BCUT2D eigenvalue weighted by Crippen LogP contribution is 2.33. The van der Waals surface area contributed by atoms with Crippen LogP contribution in [0.2, 0.25) is 5.02 Å². The third kappa shape index (κ3) is 1.89. The summed E-state index contributed by atoms with van der Waals surface area (Å²) < 4.78 is 5.39. The van der Waals surface area contributed by atoms with Crippen molar-refractivity contribution in [3.05, 3.63) is 20.8 Å². The van der Waals surface area contributed by atoms with E-state index in [4.69, 9.17) is 16.3 Å². The first kappa shape index (κ1) is 9.46. The fourth-order valence-corrected chi connectivity index (χ4v) is 2.80. The second-order valence-electron chi connectivity index (χ2n) is 3.18. The fourth-order valence-electron chi connectivity index (χ4n) is 1.42. The Kier molecular flexibility index (Phi) is 2.89. The van der Waals surface area contributed by atoms with Gasteiger partial charge in [-0.25, -0.2) is 0 Å². The number of ether oxygens (including phenoxy) is 1. The molecular formula is C9H12ClNOS. The summed E-state index contributed by atoms with van der Waals surface area (Å²) in [5.41, 5.74) is 1.16. The highest BCUT2D eigenvalue weighted by molar-refractivity contribution is 7.10.